The van der Waals surface area contributed by atoms with Crippen LogP contribution in [-0.2, 0) is 4.74 Å². The summed E-state index contributed by atoms with van der Waals surface area (Å²) < 4.78 is 72.6. The third-order valence-corrected chi connectivity index (χ3v) is 2.05. The summed E-state index contributed by atoms with van der Waals surface area (Å²) in [5.74, 6) is -3.15. The number of carbonyl (C=O) groups is 1. The number of rotatable bonds is 4. The Morgan fingerprint density at radius 2 is 1.90 bits per heavy atom. The second-order valence-corrected chi connectivity index (χ2v) is 3.37. The highest BCUT2D eigenvalue weighted by molar-refractivity contribution is 5.93. The average molecular weight is 311 g/mol. The van der Waals surface area contributed by atoms with E-state index in [9.17, 15) is 26.7 Å². The normalized spacial score (nSPS) is 11.0. The number of hydrogen-bond donors (Lipinski definition) is 0. The van der Waals surface area contributed by atoms with Crippen LogP contribution >= 0.6 is 0 Å². The number of alkyl halides is 5. The Kier molecular flexibility index (Phi) is 4.91. The quantitative estimate of drug-likeness (QED) is 0.632. The van der Waals surface area contributed by atoms with Crippen LogP contribution in [0.25, 0.3) is 0 Å². The van der Waals surface area contributed by atoms with Crippen molar-refractivity contribution in [1.82, 2.24) is 0 Å². The second-order valence-electron chi connectivity index (χ2n) is 3.37. The fourth-order valence-corrected chi connectivity index (χ4v) is 1.32. The minimum Gasteiger partial charge on any atom is -0.465 e. The maximum absolute atomic E-state index is 12.2. The van der Waals surface area contributed by atoms with E-state index < -0.39 is 41.6 Å². The molecule has 0 aromatic heterocycles. The molecule has 0 N–H and O–H groups in total. The van der Waals surface area contributed by atoms with Gasteiger partial charge in [-0.3, -0.25) is 0 Å². The fraction of sp³-hybridized carbons (Fsp3) is 0.273. The molecule has 1 aromatic rings. The summed E-state index contributed by atoms with van der Waals surface area (Å²) in [6.07, 6.45) is -5.15. The first-order valence-electron chi connectivity index (χ1n) is 5.05. The Hall–Kier alpha value is -2.57. The number of esters is 1. The van der Waals surface area contributed by atoms with E-state index >= 15 is 0 Å². The smallest absolute Gasteiger partial charge is 0.465 e. The van der Waals surface area contributed by atoms with Gasteiger partial charge < -0.3 is 14.2 Å². The molecule has 0 heterocycles. The number of carbonyl (C=O) groups excluding carboxylic acids is 1. The standard InChI is InChI=1S/C11H6F5NO4/c1-19-9(18)6-2-5(4-17)7(21-11(14,15)16)3-8(6)20-10(12)13/h2-3,10H,1H3. The molecule has 0 radical (unpaired) electrons. The van der Waals surface area contributed by atoms with Crippen LogP contribution in [0.3, 0.4) is 0 Å². The van der Waals surface area contributed by atoms with Gasteiger partial charge in [0.25, 0.3) is 0 Å². The molecule has 21 heavy (non-hydrogen) atoms. The van der Waals surface area contributed by atoms with Crippen LogP contribution in [0.5, 0.6) is 11.5 Å². The van der Waals surface area contributed by atoms with Crippen molar-refractivity contribution in [3.63, 3.8) is 0 Å². The van der Waals surface area contributed by atoms with Crippen molar-refractivity contribution in [2.45, 2.75) is 13.0 Å². The maximum Gasteiger partial charge on any atom is 0.573 e. The summed E-state index contributed by atoms with van der Waals surface area (Å²) in [6.45, 7) is -3.40. The molecule has 10 heteroatoms. The van der Waals surface area contributed by atoms with Crippen LogP contribution in [0.4, 0.5) is 22.0 Å². The third-order valence-electron chi connectivity index (χ3n) is 2.05. The minimum absolute atomic E-state index is 0.366. The molecule has 0 aliphatic carbocycles. The zero-order chi connectivity index (χ0) is 16.2. The van der Waals surface area contributed by atoms with Crippen LogP contribution in [0.2, 0.25) is 0 Å². The molecule has 0 bridgehead atoms. The third kappa shape index (κ3) is 4.48. The highest BCUT2D eigenvalue weighted by atomic mass is 19.4. The summed E-state index contributed by atoms with van der Waals surface area (Å²) in [5, 5.41) is 8.73. The van der Waals surface area contributed by atoms with Crippen molar-refractivity contribution in [3.8, 4) is 17.6 Å². The molecule has 0 spiro atoms. The van der Waals surface area contributed by atoms with E-state index in [4.69, 9.17) is 5.26 Å². The van der Waals surface area contributed by atoms with Crippen LogP contribution in [0.1, 0.15) is 15.9 Å². The Morgan fingerprint density at radius 1 is 1.29 bits per heavy atom. The lowest BCUT2D eigenvalue weighted by Crippen LogP contribution is -2.18. The van der Waals surface area contributed by atoms with Crippen LogP contribution < -0.4 is 9.47 Å². The number of halogens is 5. The summed E-state index contributed by atoms with van der Waals surface area (Å²) >= 11 is 0. The van der Waals surface area contributed by atoms with Gasteiger partial charge in [0.1, 0.15) is 17.4 Å². The zero-order valence-electron chi connectivity index (χ0n) is 10.2. The molecule has 0 aliphatic rings. The molecule has 5 nitrogen and oxygen atoms in total. The molecule has 0 atom stereocenters. The van der Waals surface area contributed by atoms with Gasteiger partial charge >= 0.3 is 18.9 Å². The Balaban J connectivity index is 3.41. The van der Waals surface area contributed by atoms with Gasteiger partial charge in [0.05, 0.1) is 12.7 Å². The predicted octanol–water partition coefficient (Wildman–Crippen LogP) is 2.84. The predicted molar refractivity (Wildman–Crippen MR) is 55.8 cm³/mol. The van der Waals surface area contributed by atoms with Crippen molar-refractivity contribution in [1.29, 1.82) is 5.26 Å². The van der Waals surface area contributed by atoms with Gasteiger partial charge in [0, 0.05) is 6.07 Å². The van der Waals surface area contributed by atoms with Gasteiger partial charge in [-0.15, -0.1) is 13.2 Å². The number of hydrogen-bond acceptors (Lipinski definition) is 5. The van der Waals surface area contributed by atoms with E-state index in [0.717, 1.165) is 7.11 Å². The molecule has 0 saturated heterocycles. The minimum atomic E-state index is -5.15. The number of benzene rings is 1. The fourth-order valence-electron chi connectivity index (χ4n) is 1.32. The molecule has 1 rings (SSSR count). The average Bonchev–Trinajstić information content (AvgIpc) is 2.35. The van der Waals surface area contributed by atoms with E-state index in [1.165, 1.54) is 6.07 Å². The first-order valence-corrected chi connectivity index (χ1v) is 5.05. The Labute approximate surface area is 114 Å². The van der Waals surface area contributed by atoms with Crippen LogP contribution in [-0.4, -0.2) is 26.1 Å². The molecule has 0 aliphatic heterocycles. The highest BCUT2D eigenvalue weighted by Crippen LogP contribution is 2.33. The highest BCUT2D eigenvalue weighted by Gasteiger charge is 2.33. The Morgan fingerprint density at radius 3 is 2.33 bits per heavy atom. The SMILES string of the molecule is COC(=O)c1cc(C#N)c(OC(F)(F)F)cc1OC(F)F. The lowest BCUT2D eigenvalue weighted by Gasteiger charge is -2.14. The van der Waals surface area contributed by atoms with Gasteiger partial charge in [-0.05, 0) is 6.07 Å². The molecule has 114 valence electrons. The topological polar surface area (TPSA) is 68.6 Å². The molecule has 0 amide bonds. The van der Waals surface area contributed by atoms with Gasteiger partial charge in [-0.2, -0.15) is 14.0 Å². The number of ether oxygens (including phenoxy) is 3. The monoisotopic (exact) mass is 311 g/mol. The first-order chi connectivity index (χ1) is 9.67. The van der Waals surface area contributed by atoms with Crippen molar-refractivity contribution >= 4 is 5.97 Å². The van der Waals surface area contributed by atoms with E-state index in [1.807, 2.05) is 0 Å². The van der Waals surface area contributed by atoms with Gasteiger partial charge in [-0.1, -0.05) is 0 Å². The van der Waals surface area contributed by atoms with Crippen molar-refractivity contribution in [3.05, 3.63) is 23.3 Å². The molecule has 0 unspecified atom stereocenters. The number of methoxy groups -OCH3 is 1. The molecular formula is C11H6F5NO4. The first kappa shape index (κ1) is 16.5. The number of nitriles is 1. The molecular weight excluding hydrogens is 305 g/mol. The zero-order valence-corrected chi connectivity index (χ0v) is 10.2. The van der Waals surface area contributed by atoms with E-state index in [2.05, 4.69) is 14.2 Å². The van der Waals surface area contributed by atoms with Gasteiger partial charge in [-0.25, -0.2) is 4.79 Å². The lowest BCUT2D eigenvalue weighted by molar-refractivity contribution is -0.274. The van der Waals surface area contributed by atoms with E-state index in [-0.39, 0.29) is 0 Å². The number of nitrogens with zero attached hydrogens (tertiary/aromatic N) is 1. The summed E-state index contributed by atoms with van der Waals surface area (Å²) in [4.78, 5) is 11.4. The summed E-state index contributed by atoms with van der Waals surface area (Å²) in [7, 11) is 0.917. The molecule has 1 aromatic carbocycles. The second kappa shape index (κ2) is 6.25. The largest absolute Gasteiger partial charge is 0.573 e. The Bertz CT molecular complexity index is 579. The summed E-state index contributed by atoms with van der Waals surface area (Å²) in [5.41, 5.74) is -1.33. The van der Waals surface area contributed by atoms with Crippen molar-refractivity contribution in [2.75, 3.05) is 7.11 Å². The lowest BCUT2D eigenvalue weighted by atomic mass is 10.1. The van der Waals surface area contributed by atoms with Crippen LogP contribution in [0.15, 0.2) is 12.1 Å². The maximum atomic E-state index is 12.2. The van der Waals surface area contributed by atoms with Gasteiger partial charge in [0.15, 0.2) is 5.75 Å². The molecule has 0 fully saturated rings. The molecule has 0 saturated carbocycles. The summed E-state index contributed by atoms with van der Waals surface area (Å²) in [6, 6.07) is 2.31. The van der Waals surface area contributed by atoms with Crippen LogP contribution in [0, 0.1) is 11.3 Å². The van der Waals surface area contributed by atoms with E-state index in [1.54, 1.807) is 0 Å². The van der Waals surface area contributed by atoms with E-state index in [0.29, 0.717) is 12.1 Å². The van der Waals surface area contributed by atoms with Gasteiger partial charge in [0.2, 0.25) is 0 Å². The van der Waals surface area contributed by atoms with Crippen molar-refractivity contribution < 1.29 is 41.0 Å². The van der Waals surface area contributed by atoms with Crippen molar-refractivity contribution in [2.24, 2.45) is 0 Å².